The highest BCUT2D eigenvalue weighted by Crippen LogP contribution is 2.42. The number of ether oxygens (including phenoxy) is 2. The maximum atomic E-state index is 11.9. The van der Waals surface area contributed by atoms with Crippen LogP contribution in [-0.2, 0) is 50.5 Å². The highest BCUT2D eigenvalue weighted by atomic mass is 32.1. The molecule has 0 spiro atoms. The molecule has 0 saturated carbocycles. The SMILES string of the molecule is CC1(C)OB(c2ccc(B3OC(C)(C)C(C)(C)O3)c3nsnc23)OC1(C)C.CCOC(=O)Cc1cc(-c2ccc(-c3cc(CC(=O)OCC)c(C)s3)c3nsnc23)sc1C. The monoisotopic (exact) mass is 888 g/mol. The lowest BCUT2D eigenvalue weighted by Crippen LogP contribution is -2.41. The van der Waals surface area contributed by atoms with Crippen molar-refractivity contribution in [2.24, 2.45) is 0 Å². The molecule has 0 amide bonds. The molecule has 8 rings (SSSR count). The minimum atomic E-state index is -0.478. The topological polar surface area (TPSA) is 141 Å². The summed E-state index contributed by atoms with van der Waals surface area (Å²) >= 11 is 5.66. The molecule has 316 valence electrons. The van der Waals surface area contributed by atoms with Crippen LogP contribution in [0.5, 0.6) is 0 Å². The Morgan fingerprint density at radius 3 is 1.23 bits per heavy atom. The van der Waals surface area contributed by atoms with Crippen molar-refractivity contribution in [3.63, 3.8) is 0 Å². The van der Waals surface area contributed by atoms with Crippen LogP contribution in [0.15, 0.2) is 36.4 Å². The van der Waals surface area contributed by atoms with Gasteiger partial charge >= 0.3 is 26.2 Å². The van der Waals surface area contributed by atoms with Crippen molar-refractivity contribution in [3.05, 3.63) is 57.3 Å². The van der Waals surface area contributed by atoms with Crippen molar-refractivity contribution in [1.82, 2.24) is 17.5 Å². The van der Waals surface area contributed by atoms with Gasteiger partial charge in [0.1, 0.15) is 22.1 Å². The number of benzene rings is 2. The van der Waals surface area contributed by atoms with Crippen molar-refractivity contribution in [2.75, 3.05) is 13.2 Å². The van der Waals surface area contributed by atoms with Crippen LogP contribution in [-0.4, -0.2) is 79.3 Å². The summed E-state index contributed by atoms with van der Waals surface area (Å²) in [5.41, 5.74) is 7.38. The molecule has 0 radical (unpaired) electrons. The molecule has 12 nitrogen and oxygen atoms in total. The van der Waals surface area contributed by atoms with Gasteiger partial charge in [-0.2, -0.15) is 17.5 Å². The van der Waals surface area contributed by atoms with Gasteiger partial charge in [-0.05, 0) is 106 Å². The first-order chi connectivity index (χ1) is 28.3. The van der Waals surface area contributed by atoms with E-state index < -0.39 is 36.6 Å². The molecular weight excluding hydrogens is 838 g/mol. The number of hydrogen-bond acceptors (Lipinski definition) is 16. The second kappa shape index (κ2) is 16.9. The summed E-state index contributed by atoms with van der Waals surface area (Å²) in [5, 5.41) is 0. The van der Waals surface area contributed by atoms with Crippen LogP contribution < -0.4 is 10.9 Å². The van der Waals surface area contributed by atoms with Gasteiger partial charge in [-0.15, -0.1) is 22.7 Å². The van der Waals surface area contributed by atoms with Crippen LogP contribution in [0.3, 0.4) is 0 Å². The summed E-state index contributed by atoms with van der Waals surface area (Å²) in [6, 6.07) is 12.2. The first-order valence-corrected chi connectivity index (χ1v) is 23.1. The van der Waals surface area contributed by atoms with E-state index in [0.29, 0.717) is 13.2 Å². The van der Waals surface area contributed by atoms with E-state index in [9.17, 15) is 9.59 Å². The molecule has 2 aromatic carbocycles. The maximum Gasteiger partial charge on any atom is 0.497 e. The molecule has 2 aliphatic rings. The number of thiophene rings is 2. The standard InChI is InChI=1S/C24H24N2O4S3.C18H26B2N2O4S/c1-5-29-21(27)11-15-9-19(31-13(15)3)17-7-8-18(24-23(17)25-33-26-24)20-10-16(14(4)32-20)12-22(28)30-6-2;1-15(2)16(3,4)24-19(23-15)11-9-10-12(14-13(11)21-27-22-14)20-25-17(5,6)18(7,8)26-20/h7-10H,5-6,11-12H2,1-4H3;9-10H,1-8H3. The summed E-state index contributed by atoms with van der Waals surface area (Å²) in [6.45, 7) is 24.8. The van der Waals surface area contributed by atoms with E-state index in [-0.39, 0.29) is 24.8 Å². The molecule has 0 aliphatic carbocycles. The van der Waals surface area contributed by atoms with Gasteiger partial charge in [0.05, 0.1) is 71.9 Å². The van der Waals surface area contributed by atoms with Crippen LogP contribution in [0.2, 0.25) is 0 Å². The van der Waals surface area contributed by atoms with Crippen molar-refractivity contribution in [2.45, 2.75) is 118 Å². The number of carbonyl (C=O) groups is 2. The lowest BCUT2D eigenvalue weighted by Gasteiger charge is -2.32. The highest BCUT2D eigenvalue weighted by Gasteiger charge is 2.54. The minimum Gasteiger partial charge on any atom is -0.466 e. The van der Waals surface area contributed by atoms with Gasteiger partial charge in [-0.3, -0.25) is 9.59 Å². The van der Waals surface area contributed by atoms with Gasteiger partial charge in [-0.1, -0.05) is 24.3 Å². The van der Waals surface area contributed by atoms with Gasteiger partial charge in [0, 0.05) is 41.6 Å². The Kier molecular flexibility index (Phi) is 12.5. The number of nitrogens with zero attached hydrogens (tertiary/aromatic N) is 4. The maximum absolute atomic E-state index is 11.9. The third kappa shape index (κ3) is 8.58. The minimum absolute atomic E-state index is 0.215. The van der Waals surface area contributed by atoms with Crippen LogP contribution in [0.25, 0.3) is 42.9 Å². The number of aryl methyl sites for hydroxylation is 2. The third-order valence-corrected chi connectivity index (χ3v) is 15.1. The molecule has 0 atom stereocenters. The van der Waals surface area contributed by atoms with Crippen LogP contribution in [0.4, 0.5) is 0 Å². The normalized spacial score (nSPS) is 17.6. The van der Waals surface area contributed by atoms with Crippen LogP contribution in [0.1, 0.15) is 90.1 Å². The number of hydrogen-bond donors (Lipinski definition) is 0. The smallest absolute Gasteiger partial charge is 0.466 e. The summed E-state index contributed by atoms with van der Waals surface area (Å²) in [7, 11) is -0.956. The Hall–Kier alpha value is -3.61. The number of rotatable bonds is 10. The predicted octanol–water partition coefficient (Wildman–Crippen LogP) is 8.27. The largest absolute Gasteiger partial charge is 0.497 e. The first-order valence-electron chi connectivity index (χ1n) is 20.0. The van der Waals surface area contributed by atoms with E-state index in [2.05, 4.69) is 41.8 Å². The second-order valence-electron chi connectivity index (χ2n) is 16.9. The summed E-state index contributed by atoms with van der Waals surface area (Å²) < 4.78 is 53.3. The zero-order valence-corrected chi connectivity index (χ0v) is 39.4. The van der Waals surface area contributed by atoms with E-state index in [1.807, 2.05) is 95.2 Å². The molecular formula is C42H50B2N4O8S4. The quantitative estimate of drug-likeness (QED) is 0.0966. The molecule has 18 heteroatoms. The zero-order chi connectivity index (χ0) is 43.4. The van der Waals surface area contributed by atoms with Crippen LogP contribution >= 0.6 is 46.1 Å². The average Bonchev–Trinajstić information content (AvgIpc) is 4.02. The number of carbonyl (C=O) groups excluding carboxylic acids is 2. The molecule has 6 heterocycles. The van der Waals surface area contributed by atoms with E-state index in [0.717, 1.165) is 74.8 Å². The van der Waals surface area contributed by atoms with Gasteiger partial charge in [-0.25, -0.2) is 0 Å². The second-order valence-corrected chi connectivity index (χ2v) is 20.4. The van der Waals surface area contributed by atoms with E-state index >= 15 is 0 Å². The van der Waals surface area contributed by atoms with Gasteiger partial charge < -0.3 is 28.1 Å². The summed E-state index contributed by atoms with van der Waals surface area (Å²) in [5.74, 6) is -0.431. The van der Waals surface area contributed by atoms with E-state index in [4.69, 9.17) is 28.1 Å². The molecule has 0 unspecified atom stereocenters. The van der Waals surface area contributed by atoms with Gasteiger partial charge in [0.25, 0.3) is 0 Å². The third-order valence-electron chi connectivity index (χ3n) is 11.8. The fourth-order valence-corrected chi connectivity index (χ4v) is 10.2. The molecule has 4 aromatic heterocycles. The van der Waals surface area contributed by atoms with Crippen molar-refractivity contribution in [3.8, 4) is 20.9 Å². The Labute approximate surface area is 368 Å². The molecule has 6 aromatic rings. The van der Waals surface area contributed by atoms with E-state index in [1.54, 1.807) is 22.7 Å². The first kappa shape index (κ1) is 44.4. The van der Waals surface area contributed by atoms with Crippen molar-refractivity contribution < 1.29 is 37.7 Å². The molecule has 0 N–H and O–H groups in total. The Balaban J connectivity index is 0.000000185. The molecule has 60 heavy (non-hydrogen) atoms. The lowest BCUT2D eigenvalue weighted by atomic mass is 9.72. The molecule has 2 saturated heterocycles. The van der Waals surface area contributed by atoms with Gasteiger partial charge in [0.2, 0.25) is 0 Å². The Morgan fingerprint density at radius 1 is 0.567 bits per heavy atom. The number of fused-ring (bicyclic) bond motifs is 2. The van der Waals surface area contributed by atoms with Gasteiger partial charge in [0.15, 0.2) is 0 Å². The number of aromatic nitrogens is 4. The predicted molar refractivity (Wildman–Crippen MR) is 243 cm³/mol. The highest BCUT2D eigenvalue weighted by molar-refractivity contribution is 7.16. The Bertz CT molecular complexity index is 2360. The fraction of sp³-hybridized carbons (Fsp3) is 0.476. The fourth-order valence-electron chi connectivity index (χ4n) is 6.88. The van der Waals surface area contributed by atoms with Crippen molar-refractivity contribution >= 4 is 105 Å². The number of esters is 2. The lowest BCUT2D eigenvalue weighted by molar-refractivity contribution is -0.143. The average molecular weight is 889 g/mol. The molecule has 2 aliphatic heterocycles. The van der Waals surface area contributed by atoms with Crippen LogP contribution in [0, 0.1) is 13.8 Å². The summed E-state index contributed by atoms with van der Waals surface area (Å²) in [6.07, 6.45) is 0.537. The zero-order valence-electron chi connectivity index (χ0n) is 36.1. The molecule has 2 fully saturated rings. The summed E-state index contributed by atoms with van der Waals surface area (Å²) in [4.78, 5) is 28.2. The van der Waals surface area contributed by atoms with Crippen molar-refractivity contribution in [1.29, 1.82) is 0 Å². The van der Waals surface area contributed by atoms with E-state index in [1.165, 1.54) is 23.5 Å². The molecule has 0 bridgehead atoms. The Morgan fingerprint density at radius 2 is 0.900 bits per heavy atom.